The van der Waals surface area contributed by atoms with Crippen molar-refractivity contribution >= 4 is 29.4 Å². The highest BCUT2D eigenvalue weighted by Crippen LogP contribution is 2.38. The summed E-state index contributed by atoms with van der Waals surface area (Å²) in [7, 11) is 1.63. The van der Waals surface area contributed by atoms with E-state index < -0.39 is 11.0 Å². The fraction of sp³-hybridized carbons (Fsp3) is 0.600. The third-order valence-electron chi connectivity index (χ3n) is 6.77. The summed E-state index contributed by atoms with van der Waals surface area (Å²) in [6, 6.07) is 5.15. The van der Waals surface area contributed by atoms with Gasteiger partial charge in [-0.1, -0.05) is 46.6 Å². The van der Waals surface area contributed by atoms with Gasteiger partial charge in [-0.05, 0) is 36.6 Å². The van der Waals surface area contributed by atoms with Gasteiger partial charge in [0, 0.05) is 37.0 Å². The summed E-state index contributed by atoms with van der Waals surface area (Å²) in [5.74, 6) is -0.583. The van der Waals surface area contributed by atoms with Crippen LogP contribution in [0.3, 0.4) is 0 Å². The molecule has 33 heavy (non-hydrogen) atoms. The van der Waals surface area contributed by atoms with Gasteiger partial charge in [0.15, 0.2) is 0 Å². The van der Waals surface area contributed by atoms with Gasteiger partial charge in [-0.3, -0.25) is 19.7 Å². The first-order valence-electron chi connectivity index (χ1n) is 11.7. The van der Waals surface area contributed by atoms with Gasteiger partial charge in [0.25, 0.3) is 5.91 Å². The minimum Gasteiger partial charge on any atom is -0.330 e. The van der Waals surface area contributed by atoms with Crippen LogP contribution in [0.25, 0.3) is 0 Å². The Morgan fingerprint density at radius 3 is 2.45 bits per heavy atom. The summed E-state index contributed by atoms with van der Waals surface area (Å²) < 4.78 is 0. The van der Waals surface area contributed by atoms with Crippen LogP contribution >= 0.6 is 0 Å². The second-order valence-corrected chi connectivity index (χ2v) is 10.4. The van der Waals surface area contributed by atoms with E-state index >= 15 is 0 Å². The number of hydrogen-bond donors (Lipinski definition) is 2. The van der Waals surface area contributed by atoms with Crippen molar-refractivity contribution in [1.29, 1.82) is 0 Å². The number of amides is 5. The predicted octanol–water partition coefficient (Wildman–Crippen LogP) is 3.10. The molecule has 8 nitrogen and oxygen atoms in total. The minimum atomic E-state index is -0.896. The molecule has 1 aliphatic carbocycles. The number of unbranched alkanes of at least 4 members (excludes halogenated alkanes) is 1. The Morgan fingerprint density at radius 2 is 1.88 bits per heavy atom. The highest BCUT2D eigenvalue weighted by atomic mass is 16.2. The molecule has 2 N–H and O–H groups in total. The maximum atomic E-state index is 13.0. The lowest BCUT2D eigenvalue weighted by Crippen LogP contribution is -2.48. The van der Waals surface area contributed by atoms with E-state index in [9.17, 15) is 19.2 Å². The second-order valence-electron chi connectivity index (χ2n) is 10.4. The molecule has 8 heteroatoms. The smallest absolute Gasteiger partial charge is 0.324 e. The third-order valence-corrected chi connectivity index (χ3v) is 6.77. The van der Waals surface area contributed by atoms with E-state index in [2.05, 4.69) is 17.6 Å². The van der Waals surface area contributed by atoms with Crippen molar-refractivity contribution in [2.24, 2.45) is 5.41 Å². The zero-order valence-electron chi connectivity index (χ0n) is 20.6. The fourth-order valence-corrected chi connectivity index (χ4v) is 4.64. The molecule has 1 aromatic carbocycles. The van der Waals surface area contributed by atoms with Gasteiger partial charge in [0.2, 0.25) is 11.8 Å². The molecule has 2 atom stereocenters. The average Bonchev–Trinajstić information content (AvgIpc) is 3.22. The normalized spacial score (nSPS) is 20.6. The lowest BCUT2D eigenvalue weighted by molar-refractivity contribution is -0.144. The summed E-state index contributed by atoms with van der Waals surface area (Å²) in [6.45, 7) is 9.68. The molecule has 180 valence electrons. The summed E-state index contributed by atoms with van der Waals surface area (Å²) in [5, 5.41) is 5.31. The fourth-order valence-electron chi connectivity index (χ4n) is 4.64. The quantitative estimate of drug-likeness (QED) is 0.616. The number of likely N-dealkylation sites (N-methyl/N-ethyl adjacent to an activating group) is 1. The molecule has 0 saturated carbocycles. The van der Waals surface area contributed by atoms with E-state index in [-0.39, 0.29) is 36.3 Å². The van der Waals surface area contributed by atoms with Gasteiger partial charge in [0.05, 0.1) is 0 Å². The van der Waals surface area contributed by atoms with Gasteiger partial charge in [-0.15, -0.1) is 0 Å². The lowest BCUT2D eigenvalue weighted by atomic mass is 9.93. The van der Waals surface area contributed by atoms with E-state index in [1.165, 1.54) is 4.90 Å². The van der Waals surface area contributed by atoms with Crippen molar-refractivity contribution < 1.29 is 19.2 Å². The van der Waals surface area contributed by atoms with Gasteiger partial charge >= 0.3 is 6.03 Å². The maximum absolute atomic E-state index is 13.0. The lowest BCUT2D eigenvalue weighted by Gasteiger charge is -2.34. The number of nitrogens with one attached hydrogen (secondary N) is 2. The van der Waals surface area contributed by atoms with Crippen molar-refractivity contribution in [3.63, 3.8) is 0 Å². The largest absolute Gasteiger partial charge is 0.330 e. The predicted molar refractivity (Wildman–Crippen MR) is 127 cm³/mol. The van der Waals surface area contributed by atoms with Crippen LogP contribution in [0.1, 0.15) is 65.0 Å². The van der Waals surface area contributed by atoms with E-state index in [1.54, 1.807) is 18.0 Å². The van der Waals surface area contributed by atoms with Crippen LogP contribution in [-0.2, 0) is 27.2 Å². The number of urea groups is 1. The SMILES string of the molecule is CCCC[C@@H](C)N(CC(=O)Nc1ccc2c(c1)C[C@@]1(C2)C(=O)NC(=O)N1C)C(=O)C(C)(C)C. The van der Waals surface area contributed by atoms with Gasteiger partial charge in [-0.25, -0.2) is 4.79 Å². The number of anilines is 1. The third kappa shape index (κ3) is 4.89. The van der Waals surface area contributed by atoms with Crippen LogP contribution in [0.15, 0.2) is 18.2 Å². The van der Waals surface area contributed by atoms with Crippen LogP contribution in [-0.4, -0.2) is 58.7 Å². The number of hydrogen-bond acceptors (Lipinski definition) is 4. The molecule has 2 aliphatic rings. The standard InChI is InChI=1S/C25H36N4O4/c1-7-8-9-16(2)29(22(32)24(3,4)5)15-20(30)26-19-11-10-17-13-25(14-18(17)12-19)21(31)27-23(33)28(25)6/h10-12,16H,7-9,13-15H2,1-6H3,(H,26,30)(H,27,31,33)/t16-,25+/m1/s1. The van der Waals surface area contributed by atoms with Gasteiger partial charge < -0.3 is 15.1 Å². The zero-order valence-corrected chi connectivity index (χ0v) is 20.6. The van der Waals surface area contributed by atoms with E-state index in [0.29, 0.717) is 18.5 Å². The number of rotatable bonds is 7. The molecule has 1 aromatic rings. The van der Waals surface area contributed by atoms with Crippen molar-refractivity contribution in [2.75, 3.05) is 18.9 Å². The minimum absolute atomic E-state index is 0.0122. The highest BCUT2D eigenvalue weighted by Gasteiger charge is 2.54. The Labute approximate surface area is 196 Å². The first-order chi connectivity index (χ1) is 15.4. The van der Waals surface area contributed by atoms with Crippen molar-refractivity contribution in [3.05, 3.63) is 29.3 Å². The molecule has 1 fully saturated rings. The topological polar surface area (TPSA) is 98.8 Å². The molecule has 0 unspecified atom stereocenters. The van der Waals surface area contributed by atoms with Crippen LogP contribution in [0.5, 0.6) is 0 Å². The summed E-state index contributed by atoms with van der Waals surface area (Å²) >= 11 is 0. The van der Waals surface area contributed by atoms with Crippen LogP contribution in [0.2, 0.25) is 0 Å². The number of carbonyl (C=O) groups is 4. The summed E-state index contributed by atoms with van der Waals surface area (Å²) in [5.41, 5.74) is 1.07. The van der Waals surface area contributed by atoms with Gasteiger partial charge in [0.1, 0.15) is 12.1 Å². The molecule has 0 aromatic heterocycles. The first-order valence-corrected chi connectivity index (χ1v) is 11.7. The van der Waals surface area contributed by atoms with Crippen LogP contribution < -0.4 is 10.6 Å². The number of nitrogens with zero attached hydrogens (tertiary/aromatic N) is 2. The number of carbonyl (C=O) groups excluding carboxylic acids is 4. The Bertz CT molecular complexity index is 968. The molecule has 5 amide bonds. The molecule has 1 saturated heterocycles. The molecular formula is C25H36N4O4. The Morgan fingerprint density at radius 1 is 1.21 bits per heavy atom. The molecule has 1 spiro atoms. The van der Waals surface area contributed by atoms with E-state index in [4.69, 9.17) is 0 Å². The molecule has 0 bridgehead atoms. The number of benzene rings is 1. The molecule has 0 radical (unpaired) electrons. The zero-order chi connectivity index (χ0) is 24.6. The van der Waals surface area contributed by atoms with E-state index in [1.807, 2.05) is 39.8 Å². The van der Waals surface area contributed by atoms with Crippen LogP contribution in [0.4, 0.5) is 10.5 Å². The van der Waals surface area contributed by atoms with Crippen molar-refractivity contribution in [1.82, 2.24) is 15.1 Å². The average molecular weight is 457 g/mol. The molecular weight excluding hydrogens is 420 g/mol. The molecule has 3 rings (SSSR count). The maximum Gasteiger partial charge on any atom is 0.324 e. The van der Waals surface area contributed by atoms with Crippen molar-refractivity contribution in [2.45, 2.75) is 78.3 Å². The Hall–Kier alpha value is -2.90. The molecule has 1 aliphatic heterocycles. The first kappa shape index (κ1) is 24.7. The number of imide groups is 1. The molecule has 1 heterocycles. The monoisotopic (exact) mass is 456 g/mol. The van der Waals surface area contributed by atoms with E-state index in [0.717, 1.165) is 30.4 Å². The highest BCUT2D eigenvalue weighted by molar-refractivity contribution is 6.07. The summed E-state index contributed by atoms with van der Waals surface area (Å²) in [4.78, 5) is 53.5. The van der Waals surface area contributed by atoms with Gasteiger partial charge in [-0.2, -0.15) is 0 Å². The number of fused-ring (bicyclic) bond motifs is 1. The Balaban J connectivity index is 1.72. The van der Waals surface area contributed by atoms with Crippen LogP contribution in [0, 0.1) is 5.41 Å². The summed E-state index contributed by atoms with van der Waals surface area (Å²) in [6.07, 6.45) is 3.73. The Kier molecular flexibility index (Phi) is 6.86. The van der Waals surface area contributed by atoms with Crippen molar-refractivity contribution in [3.8, 4) is 0 Å². The second kappa shape index (κ2) is 9.15.